The fourth-order valence-electron chi connectivity index (χ4n) is 2.31. The first-order valence-electron chi connectivity index (χ1n) is 7.53. The highest BCUT2D eigenvalue weighted by Crippen LogP contribution is 2.24. The number of aromatic nitrogens is 1. The van der Waals surface area contributed by atoms with Gasteiger partial charge in [0.2, 0.25) is 0 Å². The highest BCUT2D eigenvalue weighted by Gasteiger charge is 2.15. The number of amides is 2. The average molecular weight is 312 g/mol. The van der Waals surface area contributed by atoms with E-state index < -0.39 is 0 Å². The van der Waals surface area contributed by atoms with Gasteiger partial charge in [-0.15, -0.1) is 11.3 Å². The zero-order valence-corrected chi connectivity index (χ0v) is 13.3. The summed E-state index contributed by atoms with van der Waals surface area (Å²) in [6.07, 6.45) is 3.82. The standard InChI is InChI=1S/C14H24N4O2S/c1-11(5-9-19)16-13(20)15-6-4-12-10-21-14(17-12)18-7-2-3-8-18/h10-11,19H,2-9H2,1H3,(H2,15,16,20)/t11-/m1/s1. The molecule has 2 heterocycles. The van der Waals surface area contributed by atoms with Crippen molar-refractivity contribution < 1.29 is 9.90 Å². The van der Waals surface area contributed by atoms with E-state index in [2.05, 4.69) is 25.9 Å². The number of urea groups is 1. The summed E-state index contributed by atoms with van der Waals surface area (Å²) in [6, 6.07) is -0.206. The summed E-state index contributed by atoms with van der Waals surface area (Å²) in [5, 5.41) is 17.6. The molecule has 1 saturated heterocycles. The van der Waals surface area contributed by atoms with Gasteiger partial charge >= 0.3 is 6.03 Å². The summed E-state index contributed by atoms with van der Waals surface area (Å²) >= 11 is 1.68. The maximum absolute atomic E-state index is 11.6. The van der Waals surface area contributed by atoms with Crippen molar-refractivity contribution in [3.05, 3.63) is 11.1 Å². The molecule has 0 bridgehead atoms. The van der Waals surface area contributed by atoms with Crippen molar-refractivity contribution in [2.75, 3.05) is 31.1 Å². The molecular weight excluding hydrogens is 288 g/mol. The number of nitrogens with zero attached hydrogens (tertiary/aromatic N) is 2. The van der Waals surface area contributed by atoms with Crippen molar-refractivity contribution in [3.63, 3.8) is 0 Å². The van der Waals surface area contributed by atoms with Gasteiger partial charge < -0.3 is 20.6 Å². The van der Waals surface area contributed by atoms with E-state index in [9.17, 15) is 4.79 Å². The minimum Gasteiger partial charge on any atom is -0.396 e. The van der Waals surface area contributed by atoms with Crippen LogP contribution in [0.5, 0.6) is 0 Å². The van der Waals surface area contributed by atoms with E-state index in [1.165, 1.54) is 12.8 Å². The van der Waals surface area contributed by atoms with E-state index in [0.29, 0.717) is 13.0 Å². The van der Waals surface area contributed by atoms with Crippen LogP contribution in [0.25, 0.3) is 0 Å². The van der Waals surface area contributed by atoms with E-state index in [4.69, 9.17) is 5.11 Å². The number of aliphatic hydroxyl groups excluding tert-OH is 1. The van der Waals surface area contributed by atoms with Crippen LogP contribution in [0.4, 0.5) is 9.93 Å². The second kappa shape index (κ2) is 8.19. The van der Waals surface area contributed by atoms with Crippen LogP contribution < -0.4 is 15.5 Å². The number of carbonyl (C=O) groups excluding carboxylic acids is 1. The van der Waals surface area contributed by atoms with Crippen LogP contribution in [0.2, 0.25) is 0 Å². The summed E-state index contributed by atoms with van der Waals surface area (Å²) in [7, 11) is 0. The molecule has 7 heteroatoms. The molecule has 21 heavy (non-hydrogen) atoms. The Kier molecular flexibility index (Phi) is 6.25. The molecule has 0 unspecified atom stereocenters. The number of anilines is 1. The van der Waals surface area contributed by atoms with Gasteiger partial charge in [-0.1, -0.05) is 0 Å². The molecule has 1 aliphatic rings. The number of carbonyl (C=O) groups is 1. The topological polar surface area (TPSA) is 77.5 Å². The van der Waals surface area contributed by atoms with Crippen molar-refractivity contribution >= 4 is 22.5 Å². The van der Waals surface area contributed by atoms with Crippen LogP contribution in [0.3, 0.4) is 0 Å². The summed E-state index contributed by atoms with van der Waals surface area (Å²) < 4.78 is 0. The van der Waals surface area contributed by atoms with Crippen LogP contribution in [0, 0.1) is 0 Å². The van der Waals surface area contributed by atoms with Gasteiger partial charge in [0, 0.05) is 44.1 Å². The minimum atomic E-state index is -0.189. The Morgan fingerprint density at radius 3 is 3.00 bits per heavy atom. The van der Waals surface area contributed by atoms with E-state index in [1.54, 1.807) is 11.3 Å². The van der Waals surface area contributed by atoms with Crippen molar-refractivity contribution in [3.8, 4) is 0 Å². The number of hydrogen-bond acceptors (Lipinski definition) is 5. The zero-order chi connectivity index (χ0) is 15.1. The Bertz CT molecular complexity index is 446. The molecule has 1 aliphatic heterocycles. The summed E-state index contributed by atoms with van der Waals surface area (Å²) in [4.78, 5) is 18.5. The molecule has 0 spiro atoms. The molecular formula is C14H24N4O2S. The summed E-state index contributed by atoms with van der Waals surface area (Å²) in [6.45, 7) is 4.74. The van der Waals surface area contributed by atoms with Gasteiger partial charge in [0.05, 0.1) is 5.69 Å². The third-order valence-electron chi connectivity index (χ3n) is 3.52. The predicted octanol–water partition coefficient (Wildman–Crippen LogP) is 1.36. The van der Waals surface area contributed by atoms with Crippen LogP contribution in [-0.4, -0.2) is 48.4 Å². The van der Waals surface area contributed by atoms with Crippen molar-refractivity contribution in [2.45, 2.75) is 38.6 Å². The maximum Gasteiger partial charge on any atom is 0.315 e. The number of nitrogens with one attached hydrogen (secondary N) is 2. The Balaban J connectivity index is 1.67. The molecule has 2 rings (SSSR count). The largest absolute Gasteiger partial charge is 0.396 e. The molecule has 0 aromatic carbocycles. The number of aliphatic hydroxyl groups is 1. The lowest BCUT2D eigenvalue weighted by Crippen LogP contribution is -2.41. The van der Waals surface area contributed by atoms with Crippen molar-refractivity contribution in [1.29, 1.82) is 0 Å². The third kappa shape index (κ3) is 5.17. The van der Waals surface area contributed by atoms with Gasteiger partial charge in [0.15, 0.2) is 5.13 Å². The second-order valence-electron chi connectivity index (χ2n) is 5.38. The Morgan fingerprint density at radius 2 is 2.29 bits per heavy atom. The molecule has 1 atom stereocenters. The van der Waals surface area contributed by atoms with E-state index in [-0.39, 0.29) is 18.7 Å². The van der Waals surface area contributed by atoms with Crippen LogP contribution in [0.1, 0.15) is 31.9 Å². The molecule has 3 N–H and O–H groups in total. The lowest BCUT2D eigenvalue weighted by molar-refractivity contribution is 0.231. The molecule has 1 aromatic heterocycles. The van der Waals surface area contributed by atoms with Crippen LogP contribution in [0.15, 0.2) is 5.38 Å². The van der Waals surface area contributed by atoms with Gasteiger partial charge in [-0.25, -0.2) is 9.78 Å². The average Bonchev–Trinajstić information content (AvgIpc) is 3.09. The minimum absolute atomic E-state index is 0.0176. The van der Waals surface area contributed by atoms with E-state index in [0.717, 1.165) is 30.3 Å². The molecule has 0 radical (unpaired) electrons. The molecule has 6 nitrogen and oxygen atoms in total. The Labute approximate surface area is 129 Å². The van der Waals surface area contributed by atoms with Gasteiger partial charge in [0.25, 0.3) is 0 Å². The predicted molar refractivity (Wildman–Crippen MR) is 85.0 cm³/mol. The first-order valence-corrected chi connectivity index (χ1v) is 8.41. The molecule has 118 valence electrons. The van der Waals surface area contributed by atoms with Crippen molar-refractivity contribution in [1.82, 2.24) is 15.6 Å². The third-order valence-corrected chi connectivity index (χ3v) is 4.47. The van der Waals surface area contributed by atoms with E-state index in [1.807, 2.05) is 6.92 Å². The zero-order valence-electron chi connectivity index (χ0n) is 12.5. The van der Waals surface area contributed by atoms with Gasteiger partial charge in [-0.3, -0.25) is 0 Å². The maximum atomic E-state index is 11.6. The molecule has 2 amide bonds. The SMILES string of the molecule is C[C@H](CCO)NC(=O)NCCc1csc(N2CCCC2)n1. The van der Waals surface area contributed by atoms with Crippen LogP contribution in [-0.2, 0) is 6.42 Å². The molecule has 1 aromatic rings. The number of thiazole rings is 1. The quantitative estimate of drug-likeness (QED) is 0.710. The van der Waals surface area contributed by atoms with Gasteiger partial charge in [-0.2, -0.15) is 0 Å². The monoisotopic (exact) mass is 312 g/mol. The fourth-order valence-corrected chi connectivity index (χ4v) is 3.22. The Hall–Kier alpha value is -1.34. The summed E-state index contributed by atoms with van der Waals surface area (Å²) in [5.74, 6) is 0. The normalized spacial score (nSPS) is 16.0. The van der Waals surface area contributed by atoms with Gasteiger partial charge in [0.1, 0.15) is 0 Å². The first kappa shape index (κ1) is 16.0. The van der Waals surface area contributed by atoms with Crippen LogP contribution >= 0.6 is 11.3 Å². The number of hydrogen-bond donors (Lipinski definition) is 3. The fraction of sp³-hybridized carbons (Fsp3) is 0.714. The van der Waals surface area contributed by atoms with Gasteiger partial charge in [-0.05, 0) is 26.2 Å². The first-order chi connectivity index (χ1) is 10.2. The molecule has 0 aliphatic carbocycles. The lowest BCUT2D eigenvalue weighted by atomic mass is 10.2. The smallest absolute Gasteiger partial charge is 0.315 e. The lowest BCUT2D eigenvalue weighted by Gasteiger charge is -2.13. The molecule has 0 saturated carbocycles. The highest BCUT2D eigenvalue weighted by atomic mass is 32.1. The highest BCUT2D eigenvalue weighted by molar-refractivity contribution is 7.13. The van der Waals surface area contributed by atoms with E-state index >= 15 is 0 Å². The molecule has 1 fully saturated rings. The summed E-state index contributed by atoms with van der Waals surface area (Å²) in [5.41, 5.74) is 1.03. The number of rotatable bonds is 7. The second-order valence-corrected chi connectivity index (χ2v) is 6.22. The van der Waals surface area contributed by atoms with Crippen molar-refractivity contribution in [2.24, 2.45) is 0 Å². The Morgan fingerprint density at radius 1 is 1.52 bits per heavy atom.